The molecule has 0 heterocycles. The molecule has 0 radical (unpaired) electrons. The Labute approximate surface area is 118 Å². The lowest BCUT2D eigenvalue weighted by Gasteiger charge is -2.12. The molecule has 1 aromatic rings. The molecule has 0 fully saturated rings. The predicted molar refractivity (Wildman–Crippen MR) is 70.9 cm³/mol. The van der Waals surface area contributed by atoms with Crippen LogP contribution in [-0.4, -0.2) is 18.6 Å². The summed E-state index contributed by atoms with van der Waals surface area (Å²) < 4.78 is 29.6. The van der Waals surface area contributed by atoms with E-state index in [1.54, 1.807) is 19.1 Å². The molecule has 3 N–H and O–H groups in total. The van der Waals surface area contributed by atoms with Gasteiger partial charge in [0.2, 0.25) is 5.91 Å². The first kappa shape index (κ1) is 15.8. The summed E-state index contributed by atoms with van der Waals surface area (Å²) in [7, 11) is 0. The number of alkyl halides is 2. The molecule has 0 saturated carbocycles. The monoisotopic (exact) mass is 336 g/mol. The van der Waals surface area contributed by atoms with Crippen LogP contribution in [0.15, 0.2) is 22.7 Å². The largest absolute Gasteiger partial charge is 0.434 e. The molecule has 0 aliphatic carbocycles. The highest BCUT2D eigenvalue weighted by atomic mass is 79.9. The molecular weight excluding hydrogens is 322 g/mol. The third-order valence-corrected chi connectivity index (χ3v) is 2.72. The Hall–Kier alpha value is -1.21. The number of hydrogen-bond donors (Lipinski definition) is 2. The molecule has 0 spiro atoms. The molecule has 1 unspecified atom stereocenters. The molecule has 0 aliphatic heterocycles. The zero-order valence-electron chi connectivity index (χ0n) is 10.3. The number of nitrogens with one attached hydrogen (secondary N) is 1. The van der Waals surface area contributed by atoms with E-state index in [0.29, 0.717) is 10.0 Å². The molecule has 1 atom stereocenters. The average molecular weight is 337 g/mol. The number of rotatable bonds is 6. The second-order valence-corrected chi connectivity index (χ2v) is 5.00. The van der Waals surface area contributed by atoms with Gasteiger partial charge in [0.15, 0.2) is 0 Å². The summed E-state index contributed by atoms with van der Waals surface area (Å²) in [5, 5.41) is 2.61. The maximum atomic E-state index is 12.2. The average Bonchev–Trinajstić information content (AvgIpc) is 2.28. The Morgan fingerprint density at radius 3 is 2.79 bits per heavy atom. The third kappa shape index (κ3) is 5.98. The van der Waals surface area contributed by atoms with Crippen molar-refractivity contribution in [3.63, 3.8) is 0 Å². The lowest BCUT2D eigenvalue weighted by Crippen LogP contribution is -2.29. The summed E-state index contributed by atoms with van der Waals surface area (Å²) in [4.78, 5) is 11.5. The van der Waals surface area contributed by atoms with Gasteiger partial charge in [-0.3, -0.25) is 4.79 Å². The van der Waals surface area contributed by atoms with Gasteiger partial charge < -0.3 is 15.8 Å². The van der Waals surface area contributed by atoms with Gasteiger partial charge >= 0.3 is 6.61 Å². The number of ether oxygens (including phenoxy) is 1. The smallest absolute Gasteiger partial charge is 0.387 e. The summed E-state index contributed by atoms with van der Waals surface area (Å²) in [6.07, 6.45) is 0.180. The number of nitrogens with two attached hydrogens (primary N) is 1. The van der Waals surface area contributed by atoms with Crippen molar-refractivity contribution in [2.75, 3.05) is 0 Å². The van der Waals surface area contributed by atoms with Gasteiger partial charge in [-0.2, -0.15) is 8.78 Å². The van der Waals surface area contributed by atoms with Gasteiger partial charge in [0.1, 0.15) is 5.75 Å². The van der Waals surface area contributed by atoms with Gasteiger partial charge in [0.25, 0.3) is 0 Å². The van der Waals surface area contributed by atoms with Crippen molar-refractivity contribution in [1.82, 2.24) is 5.32 Å². The standard InChI is InChI=1S/C12H15BrF2N2O2/c1-7(16)4-11(18)17-6-8-5-9(13)2-3-10(8)19-12(14)15/h2-3,5,7,12H,4,6,16H2,1H3,(H,17,18). The fourth-order valence-corrected chi connectivity index (χ4v) is 1.86. The van der Waals surface area contributed by atoms with Crippen molar-refractivity contribution < 1.29 is 18.3 Å². The first-order valence-corrected chi connectivity index (χ1v) is 6.43. The van der Waals surface area contributed by atoms with Crippen LogP contribution in [0.25, 0.3) is 0 Å². The van der Waals surface area contributed by atoms with Crippen LogP contribution in [-0.2, 0) is 11.3 Å². The molecule has 0 aromatic heterocycles. The van der Waals surface area contributed by atoms with Gasteiger partial charge in [-0.05, 0) is 25.1 Å². The van der Waals surface area contributed by atoms with Crippen molar-refractivity contribution in [3.8, 4) is 5.75 Å². The summed E-state index contributed by atoms with van der Waals surface area (Å²) in [5.74, 6) is -0.197. The number of amides is 1. The topological polar surface area (TPSA) is 64.4 Å². The Kier molecular flexibility index (Phi) is 6.17. The van der Waals surface area contributed by atoms with Crippen molar-refractivity contribution in [3.05, 3.63) is 28.2 Å². The van der Waals surface area contributed by atoms with Crippen LogP contribution in [0.5, 0.6) is 5.75 Å². The van der Waals surface area contributed by atoms with Crippen LogP contribution in [0.3, 0.4) is 0 Å². The van der Waals surface area contributed by atoms with Crippen LogP contribution in [0.1, 0.15) is 18.9 Å². The molecule has 0 bridgehead atoms. The van der Waals surface area contributed by atoms with E-state index in [-0.39, 0.29) is 30.7 Å². The highest BCUT2D eigenvalue weighted by molar-refractivity contribution is 9.10. The maximum absolute atomic E-state index is 12.2. The Balaban J connectivity index is 2.70. The van der Waals surface area contributed by atoms with Crippen LogP contribution in [0.4, 0.5) is 8.78 Å². The van der Waals surface area contributed by atoms with Gasteiger partial charge in [0, 0.05) is 29.0 Å². The third-order valence-electron chi connectivity index (χ3n) is 2.22. The van der Waals surface area contributed by atoms with Gasteiger partial charge in [-0.1, -0.05) is 15.9 Å². The number of benzene rings is 1. The number of hydrogen-bond acceptors (Lipinski definition) is 3. The molecule has 7 heteroatoms. The maximum Gasteiger partial charge on any atom is 0.387 e. The second kappa shape index (κ2) is 7.40. The molecule has 1 amide bonds. The van der Waals surface area contributed by atoms with Crippen LogP contribution in [0.2, 0.25) is 0 Å². The van der Waals surface area contributed by atoms with Crippen LogP contribution < -0.4 is 15.8 Å². The minimum absolute atomic E-state index is 0.0410. The minimum Gasteiger partial charge on any atom is -0.434 e. The van der Waals surface area contributed by atoms with Crippen molar-refractivity contribution >= 4 is 21.8 Å². The molecule has 0 saturated heterocycles. The van der Waals surface area contributed by atoms with Crippen molar-refractivity contribution in [2.24, 2.45) is 5.73 Å². The highest BCUT2D eigenvalue weighted by Gasteiger charge is 2.11. The predicted octanol–water partition coefficient (Wildman–Crippen LogP) is 2.40. The van der Waals surface area contributed by atoms with Crippen molar-refractivity contribution in [1.29, 1.82) is 0 Å². The van der Waals surface area contributed by atoms with E-state index in [9.17, 15) is 13.6 Å². The van der Waals surface area contributed by atoms with Gasteiger partial charge in [-0.25, -0.2) is 0 Å². The van der Waals surface area contributed by atoms with E-state index < -0.39 is 6.61 Å². The quantitative estimate of drug-likeness (QED) is 0.838. The number of halogens is 3. The molecular formula is C12H15BrF2N2O2. The van der Waals surface area contributed by atoms with Gasteiger partial charge in [-0.15, -0.1) is 0 Å². The first-order valence-electron chi connectivity index (χ1n) is 5.64. The van der Waals surface area contributed by atoms with Gasteiger partial charge in [0.05, 0.1) is 0 Å². The Bertz CT molecular complexity index is 442. The molecule has 0 aliphatic rings. The highest BCUT2D eigenvalue weighted by Crippen LogP contribution is 2.24. The molecule has 106 valence electrons. The fourth-order valence-electron chi connectivity index (χ4n) is 1.46. The molecule has 1 rings (SSSR count). The molecule has 4 nitrogen and oxygen atoms in total. The minimum atomic E-state index is -2.90. The van der Waals surface area contributed by atoms with Crippen LogP contribution >= 0.6 is 15.9 Å². The summed E-state index contributed by atoms with van der Waals surface area (Å²) in [6.45, 7) is -1.09. The SMILES string of the molecule is CC(N)CC(=O)NCc1cc(Br)ccc1OC(F)F. The normalized spacial score (nSPS) is 12.3. The zero-order chi connectivity index (χ0) is 14.4. The Morgan fingerprint density at radius 2 is 2.21 bits per heavy atom. The summed E-state index contributed by atoms with van der Waals surface area (Å²) in [6, 6.07) is 4.37. The summed E-state index contributed by atoms with van der Waals surface area (Å²) in [5.41, 5.74) is 5.96. The first-order chi connectivity index (χ1) is 8.88. The lowest BCUT2D eigenvalue weighted by atomic mass is 10.2. The molecule has 1 aromatic carbocycles. The molecule has 19 heavy (non-hydrogen) atoms. The van der Waals surface area contributed by atoms with Crippen molar-refractivity contribution in [2.45, 2.75) is 32.5 Å². The number of carbonyl (C=O) groups is 1. The number of carbonyl (C=O) groups excluding carboxylic acids is 1. The second-order valence-electron chi connectivity index (χ2n) is 4.09. The van der Waals surface area contributed by atoms with E-state index in [1.165, 1.54) is 6.07 Å². The van der Waals surface area contributed by atoms with E-state index >= 15 is 0 Å². The van der Waals surface area contributed by atoms with E-state index in [1.807, 2.05) is 0 Å². The Morgan fingerprint density at radius 1 is 1.53 bits per heavy atom. The van der Waals surface area contributed by atoms with E-state index in [2.05, 4.69) is 26.0 Å². The lowest BCUT2D eigenvalue weighted by molar-refractivity contribution is -0.121. The van der Waals surface area contributed by atoms with Crippen LogP contribution in [0, 0.1) is 0 Å². The summed E-state index contributed by atoms with van der Waals surface area (Å²) >= 11 is 3.23. The van der Waals surface area contributed by atoms with E-state index in [0.717, 1.165) is 0 Å². The fraction of sp³-hybridized carbons (Fsp3) is 0.417. The zero-order valence-corrected chi connectivity index (χ0v) is 11.9. The van der Waals surface area contributed by atoms with E-state index in [4.69, 9.17) is 5.73 Å².